The molecule has 23 heavy (non-hydrogen) atoms. The number of nitrogens with zero attached hydrogens (tertiary/aromatic N) is 3. The van der Waals surface area contributed by atoms with Crippen LogP contribution in [0.15, 0.2) is 29.3 Å². The van der Waals surface area contributed by atoms with E-state index in [0.717, 1.165) is 24.8 Å². The van der Waals surface area contributed by atoms with Gasteiger partial charge in [0, 0.05) is 24.9 Å². The maximum Gasteiger partial charge on any atom is 0.275 e. The molecule has 122 valence electrons. The fourth-order valence-electron chi connectivity index (χ4n) is 2.29. The van der Waals surface area contributed by atoms with E-state index in [2.05, 4.69) is 15.4 Å². The standard InChI is InChI=1S/C15H18N4O3S/c1-3-19-13(8-12(18-19)10-4-5-10)15(20)17-14-7-6-11(9-16-14)23(2,21)22/h6-10H,3-5H2,1-2H3,(H,16,17,20). The SMILES string of the molecule is CCn1nc(C2CC2)cc1C(=O)Nc1ccc(S(C)(=O)=O)cn1. The Bertz CT molecular complexity index is 836. The van der Waals surface area contributed by atoms with Gasteiger partial charge in [-0.25, -0.2) is 13.4 Å². The first-order valence-corrected chi connectivity index (χ1v) is 9.33. The molecule has 8 heteroatoms. The van der Waals surface area contributed by atoms with Crippen LogP contribution in [0.3, 0.4) is 0 Å². The highest BCUT2D eigenvalue weighted by atomic mass is 32.2. The highest BCUT2D eigenvalue weighted by Gasteiger charge is 2.28. The summed E-state index contributed by atoms with van der Waals surface area (Å²) in [7, 11) is -3.30. The summed E-state index contributed by atoms with van der Waals surface area (Å²) in [4.78, 5) is 16.5. The van der Waals surface area contributed by atoms with Gasteiger partial charge >= 0.3 is 0 Å². The number of hydrogen-bond donors (Lipinski definition) is 1. The first-order valence-electron chi connectivity index (χ1n) is 7.43. The summed E-state index contributed by atoms with van der Waals surface area (Å²) in [5.41, 5.74) is 1.45. The molecule has 0 unspecified atom stereocenters. The molecule has 0 aromatic carbocycles. The first kappa shape index (κ1) is 15.7. The Labute approximate surface area is 134 Å². The van der Waals surface area contributed by atoms with Gasteiger partial charge in [-0.2, -0.15) is 5.10 Å². The molecule has 0 bridgehead atoms. The van der Waals surface area contributed by atoms with Crippen molar-refractivity contribution in [3.05, 3.63) is 35.8 Å². The van der Waals surface area contributed by atoms with Crippen LogP contribution in [0, 0.1) is 0 Å². The molecule has 0 radical (unpaired) electrons. The molecule has 1 N–H and O–H groups in total. The Morgan fingerprint density at radius 1 is 1.39 bits per heavy atom. The van der Waals surface area contributed by atoms with Gasteiger partial charge in [0.15, 0.2) is 9.84 Å². The Hall–Kier alpha value is -2.22. The fourth-order valence-corrected chi connectivity index (χ4v) is 2.85. The summed E-state index contributed by atoms with van der Waals surface area (Å²) in [6.07, 6.45) is 4.59. The second-order valence-corrected chi connectivity index (χ2v) is 7.67. The van der Waals surface area contributed by atoms with E-state index < -0.39 is 9.84 Å². The molecule has 2 heterocycles. The molecular weight excluding hydrogens is 316 g/mol. The van der Waals surface area contributed by atoms with Crippen LogP contribution in [0.4, 0.5) is 5.82 Å². The van der Waals surface area contributed by atoms with Gasteiger partial charge in [-0.3, -0.25) is 9.48 Å². The van der Waals surface area contributed by atoms with Crippen molar-refractivity contribution < 1.29 is 13.2 Å². The van der Waals surface area contributed by atoms with Gasteiger partial charge < -0.3 is 5.32 Å². The zero-order chi connectivity index (χ0) is 16.6. The molecule has 1 saturated carbocycles. The van der Waals surface area contributed by atoms with E-state index in [1.54, 1.807) is 4.68 Å². The third kappa shape index (κ3) is 3.42. The lowest BCUT2D eigenvalue weighted by Gasteiger charge is -2.06. The number of amides is 1. The monoisotopic (exact) mass is 334 g/mol. The number of aromatic nitrogens is 3. The van der Waals surface area contributed by atoms with Gasteiger partial charge in [0.05, 0.1) is 10.6 Å². The number of rotatable bonds is 5. The van der Waals surface area contributed by atoms with Crippen LogP contribution in [0.1, 0.15) is 41.9 Å². The van der Waals surface area contributed by atoms with Crippen molar-refractivity contribution in [1.82, 2.24) is 14.8 Å². The lowest BCUT2D eigenvalue weighted by atomic mass is 10.2. The Morgan fingerprint density at radius 2 is 2.13 bits per heavy atom. The number of pyridine rings is 1. The van der Waals surface area contributed by atoms with Crippen molar-refractivity contribution in [3.8, 4) is 0 Å². The van der Waals surface area contributed by atoms with E-state index >= 15 is 0 Å². The van der Waals surface area contributed by atoms with Gasteiger partial charge in [-0.05, 0) is 38.0 Å². The van der Waals surface area contributed by atoms with Gasteiger partial charge in [-0.1, -0.05) is 0 Å². The Kier molecular flexibility index (Phi) is 3.93. The molecule has 1 fully saturated rings. The minimum Gasteiger partial charge on any atom is -0.305 e. The molecule has 0 saturated heterocycles. The quantitative estimate of drug-likeness (QED) is 0.900. The van der Waals surface area contributed by atoms with E-state index in [4.69, 9.17) is 0 Å². The minimum atomic E-state index is -3.30. The average molecular weight is 334 g/mol. The van der Waals surface area contributed by atoms with Crippen molar-refractivity contribution >= 4 is 21.6 Å². The highest BCUT2D eigenvalue weighted by molar-refractivity contribution is 7.90. The lowest BCUT2D eigenvalue weighted by Crippen LogP contribution is -2.18. The van der Waals surface area contributed by atoms with Crippen LogP contribution >= 0.6 is 0 Å². The van der Waals surface area contributed by atoms with Crippen molar-refractivity contribution in [2.45, 2.75) is 37.1 Å². The maximum atomic E-state index is 12.4. The number of carbonyl (C=O) groups excluding carboxylic acids is 1. The molecular formula is C15H18N4O3S. The van der Waals surface area contributed by atoms with Crippen LogP contribution in [0.2, 0.25) is 0 Å². The van der Waals surface area contributed by atoms with Crippen LogP contribution in [-0.4, -0.2) is 35.3 Å². The molecule has 0 aliphatic heterocycles. The van der Waals surface area contributed by atoms with E-state index in [-0.39, 0.29) is 10.8 Å². The average Bonchev–Trinajstić information content (AvgIpc) is 3.26. The Balaban J connectivity index is 1.79. The zero-order valence-corrected chi connectivity index (χ0v) is 13.8. The molecule has 1 amide bonds. The van der Waals surface area contributed by atoms with Crippen molar-refractivity contribution in [2.75, 3.05) is 11.6 Å². The number of hydrogen-bond acceptors (Lipinski definition) is 5. The third-order valence-electron chi connectivity index (χ3n) is 3.73. The van der Waals surface area contributed by atoms with Crippen molar-refractivity contribution in [2.24, 2.45) is 0 Å². The molecule has 0 spiro atoms. The summed E-state index contributed by atoms with van der Waals surface area (Å²) >= 11 is 0. The molecule has 2 aromatic heterocycles. The van der Waals surface area contributed by atoms with Crippen LogP contribution in [-0.2, 0) is 16.4 Å². The summed E-state index contributed by atoms with van der Waals surface area (Å²) < 4.78 is 24.5. The fraction of sp³-hybridized carbons (Fsp3) is 0.400. The molecule has 3 rings (SSSR count). The second-order valence-electron chi connectivity index (χ2n) is 5.65. The molecule has 2 aromatic rings. The second kappa shape index (κ2) is 5.77. The van der Waals surface area contributed by atoms with Crippen molar-refractivity contribution in [3.63, 3.8) is 0 Å². The maximum absolute atomic E-state index is 12.4. The molecule has 1 aliphatic carbocycles. The van der Waals surface area contributed by atoms with Crippen LogP contribution < -0.4 is 5.32 Å². The normalized spacial score (nSPS) is 14.7. The predicted molar refractivity (Wildman–Crippen MR) is 85.2 cm³/mol. The van der Waals surface area contributed by atoms with Gasteiger partial charge in [-0.15, -0.1) is 0 Å². The van der Waals surface area contributed by atoms with Gasteiger partial charge in [0.2, 0.25) is 0 Å². The molecule has 1 aliphatic rings. The summed E-state index contributed by atoms with van der Waals surface area (Å²) in [6, 6.07) is 4.72. The number of carbonyl (C=O) groups is 1. The van der Waals surface area contributed by atoms with E-state index in [1.165, 1.54) is 18.3 Å². The minimum absolute atomic E-state index is 0.116. The number of aryl methyl sites for hydroxylation is 1. The third-order valence-corrected chi connectivity index (χ3v) is 4.83. The molecule has 7 nitrogen and oxygen atoms in total. The predicted octanol–water partition coefficient (Wildman–Crippen LogP) is 1.83. The summed E-state index contributed by atoms with van der Waals surface area (Å²) in [6.45, 7) is 2.54. The van der Waals surface area contributed by atoms with Crippen LogP contribution in [0.5, 0.6) is 0 Å². The Morgan fingerprint density at radius 3 is 2.65 bits per heavy atom. The van der Waals surface area contributed by atoms with E-state index in [1.807, 2.05) is 13.0 Å². The number of anilines is 1. The van der Waals surface area contributed by atoms with Crippen molar-refractivity contribution in [1.29, 1.82) is 0 Å². The summed E-state index contributed by atoms with van der Waals surface area (Å²) in [5.74, 6) is 0.478. The smallest absolute Gasteiger partial charge is 0.275 e. The summed E-state index contributed by atoms with van der Waals surface area (Å²) in [5, 5.41) is 7.13. The lowest BCUT2D eigenvalue weighted by molar-refractivity contribution is 0.101. The van der Waals surface area contributed by atoms with Gasteiger partial charge in [0.1, 0.15) is 11.5 Å². The molecule has 0 atom stereocenters. The number of nitrogens with one attached hydrogen (secondary N) is 1. The highest BCUT2D eigenvalue weighted by Crippen LogP contribution is 2.39. The van der Waals surface area contributed by atoms with Crippen LogP contribution in [0.25, 0.3) is 0 Å². The topological polar surface area (TPSA) is 94.0 Å². The number of sulfone groups is 1. The van der Waals surface area contributed by atoms with Gasteiger partial charge in [0.25, 0.3) is 5.91 Å². The van der Waals surface area contributed by atoms with E-state index in [9.17, 15) is 13.2 Å². The van der Waals surface area contributed by atoms with E-state index in [0.29, 0.717) is 24.0 Å². The zero-order valence-electron chi connectivity index (χ0n) is 13.0. The first-order chi connectivity index (χ1) is 10.9. The largest absolute Gasteiger partial charge is 0.305 e.